The summed E-state index contributed by atoms with van der Waals surface area (Å²) in [4.78, 5) is 0. The fourth-order valence-corrected chi connectivity index (χ4v) is 1.72. The summed E-state index contributed by atoms with van der Waals surface area (Å²) in [6.07, 6.45) is 2.33. The van der Waals surface area contributed by atoms with E-state index < -0.39 is 0 Å². The lowest BCUT2D eigenvalue weighted by molar-refractivity contribution is 0.543. The molecule has 0 heterocycles. The molecule has 1 aromatic carbocycles. The summed E-state index contributed by atoms with van der Waals surface area (Å²) in [7, 11) is 0. The molecule has 0 aliphatic heterocycles. The maximum atomic E-state index is 5.64. The molecule has 16 heavy (non-hydrogen) atoms. The Morgan fingerprint density at radius 2 is 1.94 bits per heavy atom. The Bertz CT molecular complexity index is 322. The minimum atomic E-state index is 0.246. The largest absolute Gasteiger partial charge is 0.330 e. The molecule has 0 bridgehead atoms. The minimum absolute atomic E-state index is 0.246. The van der Waals surface area contributed by atoms with Crippen molar-refractivity contribution in [2.75, 3.05) is 6.54 Å². The number of nitrogens with two attached hydrogens (primary N) is 1. The van der Waals surface area contributed by atoms with Crippen LogP contribution in [0.25, 0.3) is 0 Å². The Hall–Kier alpha value is -0.820. The third-order valence-corrected chi connectivity index (χ3v) is 3.12. The number of aryl methyl sites for hydroxylation is 1. The summed E-state index contributed by atoms with van der Waals surface area (Å²) < 4.78 is 0. The average molecular weight is 219 g/mol. The molecule has 0 aliphatic carbocycles. The number of hydrogen-bond acceptors (Lipinski definition) is 1. The number of rotatable bonds is 4. The molecule has 1 rings (SSSR count). The van der Waals surface area contributed by atoms with Crippen molar-refractivity contribution < 1.29 is 0 Å². The van der Waals surface area contributed by atoms with Crippen LogP contribution in [0.4, 0.5) is 0 Å². The Morgan fingerprint density at radius 1 is 1.25 bits per heavy atom. The molecule has 0 amide bonds. The van der Waals surface area contributed by atoms with Crippen molar-refractivity contribution in [3.8, 4) is 0 Å². The first kappa shape index (κ1) is 13.2. The van der Waals surface area contributed by atoms with Crippen LogP contribution >= 0.6 is 0 Å². The van der Waals surface area contributed by atoms with Crippen LogP contribution in [-0.4, -0.2) is 6.54 Å². The number of benzene rings is 1. The van der Waals surface area contributed by atoms with Crippen LogP contribution in [0.1, 0.15) is 45.2 Å². The molecule has 0 aliphatic rings. The van der Waals surface area contributed by atoms with Gasteiger partial charge in [-0.15, -0.1) is 0 Å². The van der Waals surface area contributed by atoms with E-state index in [0.29, 0.717) is 5.92 Å². The average Bonchev–Trinajstić information content (AvgIpc) is 2.25. The second kappa shape index (κ2) is 5.49. The number of hydrogen-bond donors (Lipinski definition) is 1. The smallest absolute Gasteiger partial charge is 0.00514 e. The third kappa shape index (κ3) is 3.97. The predicted molar refractivity (Wildman–Crippen MR) is 71.7 cm³/mol. The molecule has 1 unspecified atom stereocenters. The van der Waals surface area contributed by atoms with Gasteiger partial charge in [-0.05, 0) is 41.8 Å². The van der Waals surface area contributed by atoms with Crippen LogP contribution in [-0.2, 0) is 11.8 Å². The third-order valence-electron chi connectivity index (χ3n) is 3.12. The van der Waals surface area contributed by atoms with Gasteiger partial charge in [-0.3, -0.25) is 0 Å². The standard InChI is InChI=1S/C15H25N/c1-12(11-16)8-9-13-6-5-7-14(10-13)15(2,3)4/h5-7,10,12H,8-9,11,16H2,1-4H3. The van der Waals surface area contributed by atoms with E-state index in [9.17, 15) is 0 Å². The Kier molecular flexibility index (Phi) is 4.55. The second-order valence-corrected chi connectivity index (χ2v) is 5.83. The van der Waals surface area contributed by atoms with Gasteiger partial charge in [0.1, 0.15) is 0 Å². The zero-order valence-electron chi connectivity index (χ0n) is 11.1. The van der Waals surface area contributed by atoms with Crippen molar-refractivity contribution >= 4 is 0 Å². The highest BCUT2D eigenvalue weighted by Crippen LogP contribution is 2.23. The van der Waals surface area contributed by atoms with Gasteiger partial charge in [0.2, 0.25) is 0 Å². The SMILES string of the molecule is CC(CN)CCc1cccc(C(C)(C)C)c1. The van der Waals surface area contributed by atoms with Crippen LogP contribution in [0, 0.1) is 5.92 Å². The molecule has 0 saturated carbocycles. The summed E-state index contributed by atoms with van der Waals surface area (Å²) in [5.74, 6) is 0.623. The highest BCUT2D eigenvalue weighted by molar-refractivity contribution is 5.28. The fraction of sp³-hybridized carbons (Fsp3) is 0.600. The van der Waals surface area contributed by atoms with Crippen LogP contribution in [0.2, 0.25) is 0 Å². The molecule has 1 aromatic rings. The van der Waals surface area contributed by atoms with Crippen molar-refractivity contribution in [3.05, 3.63) is 35.4 Å². The molecule has 0 aromatic heterocycles. The van der Waals surface area contributed by atoms with Crippen LogP contribution < -0.4 is 5.73 Å². The first-order valence-electron chi connectivity index (χ1n) is 6.23. The lowest BCUT2D eigenvalue weighted by Gasteiger charge is -2.20. The van der Waals surface area contributed by atoms with Crippen molar-refractivity contribution in [3.63, 3.8) is 0 Å². The van der Waals surface area contributed by atoms with Gasteiger partial charge in [0.05, 0.1) is 0 Å². The van der Waals surface area contributed by atoms with E-state index >= 15 is 0 Å². The Labute approximate surface area is 100 Å². The van der Waals surface area contributed by atoms with Gasteiger partial charge >= 0.3 is 0 Å². The van der Waals surface area contributed by atoms with Crippen molar-refractivity contribution in [1.29, 1.82) is 0 Å². The molecule has 0 radical (unpaired) electrons. The summed E-state index contributed by atoms with van der Waals surface area (Å²) in [5, 5.41) is 0. The quantitative estimate of drug-likeness (QED) is 0.824. The van der Waals surface area contributed by atoms with E-state index in [4.69, 9.17) is 5.73 Å². The molecule has 1 heteroatoms. The van der Waals surface area contributed by atoms with Gasteiger partial charge < -0.3 is 5.73 Å². The maximum absolute atomic E-state index is 5.64. The zero-order chi connectivity index (χ0) is 12.2. The maximum Gasteiger partial charge on any atom is -0.00514 e. The zero-order valence-corrected chi connectivity index (χ0v) is 11.1. The van der Waals surface area contributed by atoms with E-state index in [2.05, 4.69) is 52.0 Å². The van der Waals surface area contributed by atoms with Gasteiger partial charge in [0.25, 0.3) is 0 Å². The second-order valence-electron chi connectivity index (χ2n) is 5.83. The molecule has 1 atom stereocenters. The van der Waals surface area contributed by atoms with Gasteiger partial charge in [0, 0.05) is 0 Å². The molecule has 0 fully saturated rings. The fourth-order valence-electron chi connectivity index (χ4n) is 1.72. The lowest BCUT2D eigenvalue weighted by atomic mass is 9.85. The first-order valence-corrected chi connectivity index (χ1v) is 6.23. The van der Waals surface area contributed by atoms with Crippen LogP contribution in [0.15, 0.2) is 24.3 Å². The first-order chi connectivity index (χ1) is 7.43. The van der Waals surface area contributed by atoms with Crippen LogP contribution in [0.5, 0.6) is 0 Å². The molecular formula is C15H25N. The van der Waals surface area contributed by atoms with Gasteiger partial charge in [-0.2, -0.15) is 0 Å². The Morgan fingerprint density at radius 3 is 2.50 bits per heavy atom. The van der Waals surface area contributed by atoms with Crippen molar-refractivity contribution in [2.24, 2.45) is 11.7 Å². The van der Waals surface area contributed by atoms with Gasteiger partial charge in [-0.1, -0.05) is 52.0 Å². The monoisotopic (exact) mass is 219 g/mol. The van der Waals surface area contributed by atoms with E-state index in [-0.39, 0.29) is 5.41 Å². The molecule has 90 valence electrons. The predicted octanol–water partition coefficient (Wildman–Crippen LogP) is 3.51. The minimum Gasteiger partial charge on any atom is -0.330 e. The molecule has 2 N–H and O–H groups in total. The van der Waals surface area contributed by atoms with Crippen molar-refractivity contribution in [2.45, 2.75) is 46.0 Å². The van der Waals surface area contributed by atoms with E-state index in [1.165, 1.54) is 17.5 Å². The molecule has 0 saturated heterocycles. The molecule has 1 nitrogen and oxygen atoms in total. The molecular weight excluding hydrogens is 194 g/mol. The van der Waals surface area contributed by atoms with Gasteiger partial charge in [0.15, 0.2) is 0 Å². The summed E-state index contributed by atoms with van der Waals surface area (Å²) in [6.45, 7) is 9.78. The molecule has 0 spiro atoms. The van der Waals surface area contributed by atoms with Crippen molar-refractivity contribution in [1.82, 2.24) is 0 Å². The van der Waals surface area contributed by atoms with E-state index in [0.717, 1.165) is 13.0 Å². The highest BCUT2D eigenvalue weighted by Gasteiger charge is 2.13. The summed E-state index contributed by atoms with van der Waals surface area (Å²) in [6, 6.07) is 8.95. The Balaban J connectivity index is 2.68. The van der Waals surface area contributed by atoms with Gasteiger partial charge in [-0.25, -0.2) is 0 Å². The summed E-state index contributed by atoms with van der Waals surface area (Å²) in [5.41, 5.74) is 8.74. The van der Waals surface area contributed by atoms with E-state index in [1.54, 1.807) is 0 Å². The lowest BCUT2D eigenvalue weighted by Crippen LogP contribution is -2.13. The topological polar surface area (TPSA) is 26.0 Å². The highest BCUT2D eigenvalue weighted by atomic mass is 14.5. The normalized spacial score (nSPS) is 13.8. The van der Waals surface area contributed by atoms with Crippen LogP contribution in [0.3, 0.4) is 0 Å². The van der Waals surface area contributed by atoms with E-state index in [1.807, 2.05) is 0 Å². The summed E-state index contributed by atoms with van der Waals surface area (Å²) >= 11 is 0.